The molecule has 7 heteroatoms. The Bertz CT molecular complexity index is 585. The van der Waals surface area contributed by atoms with Crippen molar-refractivity contribution in [2.45, 2.75) is 19.8 Å². The minimum Gasteiger partial charge on any atom is -0.493 e. The summed E-state index contributed by atoms with van der Waals surface area (Å²) < 4.78 is 11.0. The van der Waals surface area contributed by atoms with Gasteiger partial charge in [0.25, 0.3) is 0 Å². The van der Waals surface area contributed by atoms with Gasteiger partial charge in [0.15, 0.2) is 11.5 Å². The number of nitrogens with zero attached hydrogens (tertiary/aromatic N) is 1. The average molecular weight is 350 g/mol. The van der Waals surface area contributed by atoms with Crippen LogP contribution in [0.4, 0.5) is 4.79 Å². The van der Waals surface area contributed by atoms with Crippen molar-refractivity contribution in [3.63, 3.8) is 0 Å². The van der Waals surface area contributed by atoms with Crippen LogP contribution in [0.2, 0.25) is 0 Å². The second kappa shape index (κ2) is 9.15. The van der Waals surface area contributed by atoms with Crippen LogP contribution < -0.4 is 14.8 Å². The monoisotopic (exact) mass is 350 g/mol. The third-order valence-corrected chi connectivity index (χ3v) is 4.33. The van der Waals surface area contributed by atoms with Crippen molar-refractivity contribution in [2.24, 2.45) is 11.8 Å². The summed E-state index contributed by atoms with van der Waals surface area (Å²) in [6, 6.07) is 7.29. The van der Waals surface area contributed by atoms with E-state index in [-0.39, 0.29) is 17.9 Å². The molecule has 1 aromatic carbocycles. The summed E-state index contributed by atoms with van der Waals surface area (Å²) in [5.74, 6) is 0.378. The van der Waals surface area contributed by atoms with Gasteiger partial charge in [0.1, 0.15) is 0 Å². The highest BCUT2D eigenvalue weighted by molar-refractivity contribution is 5.75. The number of ether oxygens (including phenoxy) is 2. The molecule has 1 saturated heterocycles. The van der Waals surface area contributed by atoms with Crippen LogP contribution in [0.1, 0.15) is 19.8 Å². The number of nitrogens with one attached hydrogen (secondary N) is 1. The Morgan fingerprint density at radius 3 is 2.52 bits per heavy atom. The molecule has 2 rings (SSSR count). The number of hydrogen-bond donors (Lipinski definition) is 2. The van der Waals surface area contributed by atoms with Gasteiger partial charge in [-0.2, -0.15) is 0 Å². The molecule has 0 radical (unpaired) electrons. The van der Waals surface area contributed by atoms with E-state index >= 15 is 0 Å². The number of para-hydroxylation sites is 2. The van der Waals surface area contributed by atoms with Gasteiger partial charge in [-0.1, -0.05) is 19.1 Å². The predicted octanol–water partition coefficient (Wildman–Crippen LogP) is 2.22. The summed E-state index contributed by atoms with van der Waals surface area (Å²) in [5.41, 5.74) is 0. The fourth-order valence-electron chi connectivity index (χ4n) is 2.73. The van der Waals surface area contributed by atoms with Gasteiger partial charge in [0.2, 0.25) is 0 Å². The minimum atomic E-state index is -0.776. The predicted molar refractivity (Wildman–Crippen MR) is 93.0 cm³/mol. The van der Waals surface area contributed by atoms with Crippen molar-refractivity contribution < 1.29 is 24.2 Å². The lowest BCUT2D eigenvalue weighted by molar-refractivity contribution is -0.143. The highest BCUT2D eigenvalue weighted by atomic mass is 16.5. The number of rotatable bonds is 7. The van der Waals surface area contributed by atoms with Crippen LogP contribution in [-0.4, -0.2) is 55.4 Å². The lowest BCUT2D eigenvalue weighted by atomic mass is 9.97. The molecule has 2 N–H and O–H groups in total. The van der Waals surface area contributed by atoms with Crippen molar-refractivity contribution in [3.05, 3.63) is 24.3 Å². The second-order valence-electron chi connectivity index (χ2n) is 6.35. The first kappa shape index (κ1) is 18.9. The summed E-state index contributed by atoms with van der Waals surface area (Å²) in [7, 11) is 1.60. The van der Waals surface area contributed by atoms with Gasteiger partial charge >= 0.3 is 12.0 Å². The fourth-order valence-corrected chi connectivity index (χ4v) is 2.73. The highest BCUT2D eigenvalue weighted by Gasteiger charge is 2.26. The number of carboxylic acids is 1. The molecule has 138 valence electrons. The van der Waals surface area contributed by atoms with Crippen LogP contribution in [0.25, 0.3) is 0 Å². The van der Waals surface area contributed by atoms with Gasteiger partial charge in [0, 0.05) is 25.6 Å². The second-order valence-corrected chi connectivity index (χ2v) is 6.35. The van der Waals surface area contributed by atoms with E-state index in [1.165, 1.54) is 0 Å². The zero-order valence-electron chi connectivity index (χ0n) is 14.7. The van der Waals surface area contributed by atoms with E-state index in [4.69, 9.17) is 14.6 Å². The number of piperidine rings is 1. The van der Waals surface area contributed by atoms with Crippen molar-refractivity contribution >= 4 is 12.0 Å². The van der Waals surface area contributed by atoms with Crippen LogP contribution in [-0.2, 0) is 4.79 Å². The summed E-state index contributed by atoms with van der Waals surface area (Å²) >= 11 is 0. The van der Waals surface area contributed by atoms with Crippen LogP contribution >= 0.6 is 0 Å². The van der Waals surface area contributed by atoms with E-state index in [1.54, 1.807) is 12.0 Å². The number of carboxylic acid groups (broad SMARTS) is 1. The van der Waals surface area contributed by atoms with Crippen LogP contribution in [0.3, 0.4) is 0 Å². The first-order chi connectivity index (χ1) is 12.0. The van der Waals surface area contributed by atoms with E-state index in [9.17, 15) is 9.59 Å². The number of carbonyl (C=O) groups excluding carboxylic acids is 1. The Morgan fingerprint density at radius 2 is 1.92 bits per heavy atom. The minimum absolute atomic E-state index is 0.130. The van der Waals surface area contributed by atoms with Gasteiger partial charge in [0.05, 0.1) is 19.6 Å². The standard InChI is InChI=1S/C18H26N2O5/c1-13(12-25-16-6-4-3-5-15(16)24-2)11-19-18(23)20-9-7-14(8-10-20)17(21)22/h3-6,13-14H,7-12H2,1-2H3,(H,19,23)(H,21,22). The largest absolute Gasteiger partial charge is 0.493 e. The highest BCUT2D eigenvalue weighted by Crippen LogP contribution is 2.26. The maximum Gasteiger partial charge on any atom is 0.317 e. The Labute approximate surface area is 147 Å². The van der Waals surface area contributed by atoms with Gasteiger partial charge in [-0.25, -0.2) is 4.79 Å². The molecule has 0 aromatic heterocycles. The third-order valence-electron chi connectivity index (χ3n) is 4.33. The molecule has 1 aliphatic heterocycles. The topological polar surface area (TPSA) is 88.1 Å². The number of hydrogen-bond acceptors (Lipinski definition) is 4. The maximum absolute atomic E-state index is 12.2. The first-order valence-corrected chi connectivity index (χ1v) is 8.52. The van der Waals surface area contributed by atoms with Gasteiger partial charge in [-0.15, -0.1) is 0 Å². The van der Waals surface area contributed by atoms with Gasteiger partial charge < -0.3 is 24.8 Å². The van der Waals surface area contributed by atoms with Crippen molar-refractivity contribution in [1.29, 1.82) is 0 Å². The van der Waals surface area contributed by atoms with Crippen LogP contribution in [0.5, 0.6) is 11.5 Å². The number of carbonyl (C=O) groups is 2. The summed E-state index contributed by atoms with van der Waals surface area (Å²) in [4.78, 5) is 24.8. The Hall–Kier alpha value is -2.44. The maximum atomic E-state index is 12.2. The zero-order valence-corrected chi connectivity index (χ0v) is 14.7. The van der Waals surface area contributed by atoms with E-state index in [0.717, 1.165) is 0 Å². The van der Waals surface area contributed by atoms with E-state index in [2.05, 4.69) is 5.32 Å². The quantitative estimate of drug-likeness (QED) is 0.787. The number of likely N-dealkylation sites (tertiary alicyclic amines) is 1. The fraction of sp³-hybridized carbons (Fsp3) is 0.556. The lowest BCUT2D eigenvalue weighted by Gasteiger charge is -2.30. The van der Waals surface area contributed by atoms with E-state index < -0.39 is 5.97 Å². The molecule has 0 bridgehead atoms. The summed E-state index contributed by atoms with van der Waals surface area (Å²) in [6.45, 7) is 3.91. The average Bonchev–Trinajstić information content (AvgIpc) is 2.64. The SMILES string of the molecule is COc1ccccc1OCC(C)CNC(=O)N1CCC(C(=O)O)CC1. The Kier molecular flexibility index (Phi) is 6.91. The number of benzene rings is 1. The first-order valence-electron chi connectivity index (χ1n) is 8.52. The molecule has 1 unspecified atom stereocenters. The van der Waals surface area contributed by atoms with Crippen molar-refractivity contribution in [3.8, 4) is 11.5 Å². The number of urea groups is 1. The lowest BCUT2D eigenvalue weighted by Crippen LogP contribution is -2.46. The van der Waals surface area contributed by atoms with Crippen molar-refractivity contribution in [1.82, 2.24) is 10.2 Å². The molecule has 1 heterocycles. The van der Waals surface area contributed by atoms with Crippen LogP contribution in [0, 0.1) is 11.8 Å². The molecule has 0 spiro atoms. The number of aliphatic carboxylic acids is 1. The molecule has 0 saturated carbocycles. The molecule has 2 amide bonds. The molecule has 1 aliphatic rings. The Morgan fingerprint density at radius 1 is 1.28 bits per heavy atom. The molecule has 1 aromatic rings. The molecule has 1 fully saturated rings. The normalized spacial score (nSPS) is 16.2. The molecule has 0 aliphatic carbocycles. The van der Waals surface area contributed by atoms with Gasteiger partial charge in [-0.05, 0) is 25.0 Å². The van der Waals surface area contributed by atoms with E-state index in [1.807, 2.05) is 31.2 Å². The summed E-state index contributed by atoms with van der Waals surface area (Å²) in [6.07, 6.45) is 1.02. The molecule has 7 nitrogen and oxygen atoms in total. The van der Waals surface area contributed by atoms with Crippen LogP contribution in [0.15, 0.2) is 24.3 Å². The zero-order chi connectivity index (χ0) is 18.2. The molecular formula is C18H26N2O5. The Balaban J connectivity index is 1.70. The summed E-state index contributed by atoms with van der Waals surface area (Å²) in [5, 5.41) is 11.9. The number of methoxy groups -OCH3 is 1. The molecular weight excluding hydrogens is 324 g/mol. The van der Waals surface area contributed by atoms with Gasteiger partial charge in [-0.3, -0.25) is 4.79 Å². The number of amides is 2. The third kappa shape index (κ3) is 5.55. The molecule has 1 atom stereocenters. The molecule has 25 heavy (non-hydrogen) atoms. The van der Waals surface area contributed by atoms with Crippen molar-refractivity contribution in [2.75, 3.05) is 33.4 Å². The smallest absolute Gasteiger partial charge is 0.317 e. The van der Waals surface area contributed by atoms with E-state index in [0.29, 0.717) is 50.6 Å².